The molecule has 24 N–H and O–H groups in total. The molecule has 9 fully saturated rings. The number of aliphatic hydroxyl groups excluding tert-OH is 4. The topological polar surface area (TPSA) is 903 Å². The molecule has 12 aromatic rings. The largest absolute Gasteiger partial charge is 0.472 e. The Bertz CT molecular complexity index is 7090. The van der Waals surface area contributed by atoms with E-state index in [0.29, 0.717) is 0 Å². The number of halogens is 2. The quantitative estimate of drug-likeness (QED) is 0.0750. The number of ether oxygens (including phenoxy) is 10. The van der Waals surface area contributed by atoms with Crippen LogP contribution in [0, 0.1) is 6.92 Å². The van der Waals surface area contributed by atoms with E-state index in [4.69, 9.17) is 118 Å². The second-order valence-corrected chi connectivity index (χ2v) is 41.3. The molecule has 0 amide bonds. The van der Waals surface area contributed by atoms with Crippen molar-refractivity contribution in [1.82, 2.24) is 107 Å². The van der Waals surface area contributed by atoms with Crippen molar-refractivity contribution < 1.29 is 170 Å². The highest BCUT2D eigenvalue weighted by Crippen LogP contribution is 2.58. The van der Waals surface area contributed by atoms with Crippen LogP contribution in [0.4, 0.5) is 43.7 Å². The van der Waals surface area contributed by atoms with E-state index in [-0.39, 0.29) is 108 Å². The highest BCUT2D eigenvalue weighted by atomic mass is 31.2. The van der Waals surface area contributed by atoms with Crippen molar-refractivity contribution >= 4 is 148 Å². The molecule has 30 atom stereocenters. The van der Waals surface area contributed by atoms with Gasteiger partial charge in [-0.15, -0.1) is 0 Å². The number of phosphoric acid groups is 2. The Morgan fingerprint density at radius 2 is 0.708 bits per heavy atom. The Kier molecular flexibility index (Phi) is 25.6. The minimum absolute atomic E-state index is 0.0515. The molecule has 137 heavy (non-hydrogen) atoms. The lowest BCUT2D eigenvalue weighted by atomic mass is 10.1. The van der Waals surface area contributed by atoms with Crippen molar-refractivity contribution in [3.8, 4) is 0 Å². The summed E-state index contributed by atoms with van der Waals surface area (Å²) < 4.78 is 216. The predicted molar refractivity (Wildman–Crippen MR) is 444 cm³/mol. The van der Waals surface area contributed by atoms with Crippen LogP contribution in [0.1, 0.15) is 43.2 Å². The van der Waals surface area contributed by atoms with Gasteiger partial charge in [-0.2, -0.15) is 9.97 Å². The fraction of sp³-hybridized carbons (Fsp3) is 0.508. The van der Waals surface area contributed by atoms with Gasteiger partial charge in [0.25, 0.3) is 11.1 Å². The minimum Gasteiger partial charge on any atom is -0.397 e. The summed E-state index contributed by atoms with van der Waals surface area (Å²) in [5, 5.41) is 44.6. The summed E-state index contributed by atoms with van der Waals surface area (Å²) in [5.41, 5.74) is 35.1. The summed E-state index contributed by atoms with van der Waals surface area (Å²) in [6.07, 6.45) is -32.2. The number of imidazole rings is 6. The fourth-order valence-electron chi connectivity index (χ4n) is 16.3. The van der Waals surface area contributed by atoms with Crippen LogP contribution in [-0.4, -0.2) is 319 Å². The third kappa shape index (κ3) is 18.7. The van der Waals surface area contributed by atoms with Crippen molar-refractivity contribution in [1.29, 1.82) is 0 Å². The van der Waals surface area contributed by atoms with Gasteiger partial charge in [0.2, 0.25) is 11.9 Å². The Hall–Kier alpha value is -10.0. The molecule has 64 nitrogen and oxygen atoms in total. The number of alkyl halides is 2. The maximum Gasteiger partial charge on any atom is 0.472 e. The number of nitrogens with one attached hydrogen (secondary N) is 2. The van der Waals surface area contributed by atoms with Crippen LogP contribution < -0.4 is 45.5 Å². The van der Waals surface area contributed by atoms with E-state index >= 15 is 8.78 Å². The number of aryl methyl sites for hydroxylation is 1. The number of hydrogen-bond acceptors (Lipinski definition) is 50. The molecule has 12 aromatic heterocycles. The first-order valence-corrected chi connectivity index (χ1v) is 50.1. The van der Waals surface area contributed by atoms with Gasteiger partial charge in [-0.3, -0.25) is 101 Å². The minimum atomic E-state index is -5.10. The number of hydrogen-bond donors (Lipinski definition) is 18. The summed E-state index contributed by atoms with van der Waals surface area (Å²) in [6, 6.07) is 2.98. The normalized spacial score (nSPS) is 37.5. The predicted octanol–water partition coefficient (Wildman–Crippen LogP) is -2.76. The van der Waals surface area contributed by atoms with Crippen LogP contribution in [0.2, 0.25) is 0 Å². The van der Waals surface area contributed by atoms with Gasteiger partial charge in [-0.05, 0) is 19.1 Å². The highest BCUT2D eigenvalue weighted by Gasteiger charge is 2.59. The van der Waals surface area contributed by atoms with Crippen molar-refractivity contribution in [2.75, 3.05) is 86.2 Å². The molecule has 21 heterocycles. The van der Waals surface area contributed by atoms with Gasteiger partial charge in [0.15, 0.2) is 132 Å². The van der Waals surface area contributed by atoms with Crippen molar-refractivity contribution in [3.05, 3.63) is 95.3 Å². The molecule has 0 spiro atoms. The maximum atomic E-state index is 15.9. The molecule has 9 aliphatic rings. The molecular formula is C65H78F2N28O36P6. The molecule has 0 aromatic carbocycles. The number of nitrogens with two attached hydrogens (primary N) is 6. The number of aromatic nitrogens is 22. The summed E-state index contributed by atoms with van der Waals surface area (Å²) in [4.78, 5) is 150. The third-order valence-electron chi connectivity index (χ3n) is 22.3. The number of aromatic amines is 2. The zero-order valence-corrected chi connectivity index (χ0v) is 74.7. The number of nitrogens with zero attached hydrogens (tertiary/aromatic N) is 20. The first-order chi connectivity index (χ1) is 64.9. The van der Waals surface area contributed by atoms with Gasteiger partial charge in [-0.25, -0.2) is 77.7 Å². The Labute approximate surface area is 757 Å². The molecule has 0 bridgehead atoms. The second kappa shape index (κ2) is 36.6. The molecule has 0 saturated carbocycles. The van der Waals surface area contributed by atoms with Gasteiger partial charge < -0.3 is 132 Å². The standard InChI is InChI=1S/C22H26FN9O12P2.C22H26FN9O11P2.C21H26N10O13P2/c23-11-15-10(41-20(11)31-5-27-12-8(24)1-2-26-17(12)31)4-40-46(37,38)44-16-9(3-39-7-45(35,36)43-15)42-21(14(16)33)32-6-28-13-18(32)29-22(25)30-19(13)34;23-12-16-11(40-21(12)31-6-29-13-9(24)1-2-26-19(13)31)4-39-45(36,37)43-17-10(3-38-8-44(34,35)42-16)41-22(15(17)33)32-7-30-14-18(25)27-5-28-20(14)32;1-6-26-13(22)7-14(27-6)30(2-24-7)17-9(32)11-19(41-17)39-4-46(37,38)44-12-10(33)18(42-20(12)40-5-45(35,36)43-11)31-3-25-8-15(31)28-21(23)29-16(8)34/h1-2,5-6,9-11,14-16,20-21,33H,3-4,7H2,(H2,24,26)(H,35,36)(H,37,38)(H3,25,29,30,34);1-2,5-7,10-12,15-17,21-22,33H,3-4,8H2,(H2,24,26)(H,34,35)(H,36,37)(H2,25,27,28);2-3,9-12,17-20,32-33H,4-5H2,1H3,(H,35,36)(H,37,38)(H2,22,26,27)(H3,23,28,29,34)/t9-,10-,11?,14?,15+,16+,20-,21-;10-,11-,12?,15?,16+,17+,21-,22-;9?,10?,11-,12-,17-,18-,19+,20+/m111/s1. The van der Waals surface area contributed by atoms with Gasteiger partial charge in [0.1, 0.15) is 132 Å². The van der Waals surface area contributed by atoms with E-state index in [2.05, 4.69) is 79.7 Å². The van der Waals surface area contributed by atoms with Crippen LogP contribution in [0.3, 0.4) is 0 Å². The number of H-pyrrole nitrogens is 2. The number of aliphatic hydroxyl groups is 4. The first-order valence-electron chi connectivity index (χ1n) is 40.1. The highest BCUT2D eigenvalue weighted by molar-refractivity contribution is 7.53. The molecule has 0 radical (unpaired) electrons. The van der Waals surface area contributed by atoms with E-state index in [1.165, 1.54) is 74.4 Å². The average Bonchev–Trinajstić information content (AvgIpc) is 1.63. The zero-order valence-electron chi connectivity index (χ0n) is 69.3. The number of phosphoric ester groups is 2. The molecule has 9 saturated heterocycles. The summed E-state index contributed by atoms with van der Waals surface area (Å²) in [7, 11) is -29.2. The van der Waals surface area contributed by atoms with Gasteiger partial charge >= 0.3 is 46.0 Å². The Morgan fingerprint density at radius 3 is 1.14 bits per heavy atom. The lowest BCUT2D eigenvalue weighted by molar-refractivity contribution is -0.178. The van der Waals surface area contributed by atoms with Crippen LogP contribution in [0.5, 0.6) is 0 Å². The smallest absolute Gasteiger partial charge is 0.397 e. The van der Waals surface area contributed by atoms with Crippen LogP contribution >= 0.6 is 46.0 Å². The van der Waals surface area contributed by atoms with E-state index < -0.39 is 257 Å². The number of anilines is 6. The molecule has 0 aliphatic carbocycles. The lowest BCUT2D eigenvalue weighted by Crippen LogP contribution is -2.38. The molecule has 21 rings (SSSR count). The first kappa shape index (κ1) is 95.9. The molecule has 72 heteroatoms. The van der Waals surface area contributed by atoms with Crippen LogP contribution in [0.25, 0.3) is 67.0 Å². The zero-order chi connectivity index (χ0) is 96.9. The van der Waals surface area contributed by atoms with E-state index in [9.17, 15) is 86.8 Å². The van der Waals surface area contributed by atoms with E-state index in [1.54, 1.807) is 6.92 Å². The Morgan fingerprint density at radius 1 is 0.372 bits per heavy atom. The molecule has 9 aliphatic heterocycles. The monoisotopic (exact) mass is 2050 g/mol. The lowest BCUT2D eigenvalue weighted by Gasteiger charge is -2.28. The fourth-order valence-corrected chi connectivity index (χ4v) is 22.3. The van der Waals surface area contributed by atoms with E-state index in [0.717, 1.165) is 21.8 Å². The van der Waals surface area contributed by atoms with Gasteiger partial charge in [0, 0.05) is 12.4 Å². The second-order valence-electron chi connectivity index (χ2n) is 31.6. The summed E-state index contributed by atoms with van der Waals surface area (Å²) in [6.45, 7) is -1.25. The third-order valence-corrected chi connectivity index (χ3v) is 28.5. The maximum absolute atomic E-state index is 15.9. The van der Waals surface area contributed by atoms with Gasteiger partial charge in [0.05, 0.1) is 75.8 Å². The SMILES string of the molecule is Cc1nc(N)c2ncn([C@@H]3O[C@@H]4OCP(=O)(O)O[C@@H]5C(O)[C@H](n6cnc7c(=O)[nH]c(N)nc76)O[C@@H]5OCP(=O)(O)O[C@@H]4C3O)c2n1.Nc1nc2c(ncn2[C@@H]2O[C@@H]3COCP(=O)(O)O[C@@H]4C(F)[C@H](n5cnc6c(N)ccnc65)O[C@@H]4COP(=O)(O)O[C@@H]3C2O)c(=O)[nH]1.Nc1ncnc2c1ncn2[C@@H]1O[C@@H]2COCP(=O)(O)O[C@@H]3C(F)[C@H](n4cnc5c(N)ccnc54)O[C@@H]3COP(=O)(O)O[C@@H]2C1O. The van der Waals surface area contributed by atoms with Crippen molar-refractivity contribution in [2.45, 2.75) is 155 Å². The molecule has 738 valence electrons. The molecule has 12 unspecified atom stereocenters. The van der Waals surface area contributed by atoms with Crippen LogP contribution in [-0.2, 0) is 111 Å². The van der Waals surface area contributed by atoms with Crippen molar-refractivity contribution in [3.63, 3.8) is 0 Å². The summed E-state index contributed by atoms with van der Waals surface area (Å²) in [5.74, 6) is -0.136. The molecular weight excluding hydrogens is 1970 g/mol. The number of pyridine rings is 2. The number of rotatable bonds is 6. The Balaban J connectivity index is 0.000000132. The summed E-state index contributed by atoms with van der Waals surface area (Å²) >= 11 is 0. The average molecular weight is 2050 g/mol. The van der Waals surface area contributed by atoms with Crippen molar-refractivity contribution in [2.24, 2.45) is 0 Å². The van der Waals surface area contributed by atoms with E-state index in [1.807, 2.05) is 0 Å². The van der Waals surface area contributed by atoms with Crippen LogP contribution in [0.15, 0.2) is 78.4 Å². The van der Waals surface area contributed by atoms with Gasteiger partial charge in [-0.1, -0.05) is 0 Å². The number of fused-ring (bicyclic) bond motifs is 12. The number of nitrogen functional groups attached to an aromatic ring is 6.